The molecule has 0 radical (unpaired) electrons. The third-order valence-corrected chi connectivity index (χ3v) is 6.14. The zero-order valence-corrected chi connectivity index (χ0v) is 22.6. The molecule has 0 aromatic heterocycles. The number of ether oxygens (including phenoxy) is 1. The standard InChI is InChI=1S/C30H42N4O4/c1-22(2)18-26(27(35)16-10-5-11-17-33-30(31)32)34-29(37)25(19-23-12-6-3-7-13-23)20-28(36)38-21-24-14-8-4-9-15-24/h3-4,6-9,12-15,22,25-26H,5,10-11,16-21H2,1-2H3,(H,34,37)(H4,31,32,33). The topological polar surface area (TPSA) is 137 Å². The van der Waals surface area contributed by atoms with Gasteiger partial charge < -0.3 is 21.5 Å². The van der Waals surface area contributed by atoms with Gasteiger partial charge in [0.25, 0.3) is 0 Å². The lowest BCUT2D eigenvalue weighted by atomic mass is 9.92. The molecule has 2 atom stereocenters. The van der Waals surface area contributed by atoms with E-state index in [1.165, 1.54) is 0 Å². The molecular formula is C30H42N4O4. The van der Waals surface area contributed by atoms with Crippen LogP contribution in [0.4, 0.5) is 0 Å². The normalized spacial score (nSPS) is 12.4. The summed E-state index contributed by atoms with van der Waals surface area (Å²) >= 11 is 0. The molecule has 1 amide bonds. The number of guanidine groups is 1. The lowest BCUT2D eigenvalue weighted by molar-refractivity contribution is -0.148. The van der Waals surface area contributed by atoms with Crippen LogP contribution in [0.2, 0.25) is 0 Å². The van der Waals surface area contributed by atoms with Crippen molar-refractivity contribution in [2.24, 2.45) is 28.3 Å². The van der Waals surface area contributed by atoms with Crippen LogP contribution in [0.3, 0.4) is 0 Å². The van der Waals surface area contributed by atoms with E-state index in [2.05, 4.69) is 10.3 Å². The molecule has 0 aliphatic carbocycles. The minimum atomic E-state index is -0.650. The molecule has 2 unspecified atom stereocenters. The number of benzene rings is 2. The molecule has 0 aliphatic rings. The van der Waals surface area contributed by atoms with E-state index in [9.17, 15) is 14.4 Å². The number of unbranched alkanes of at least 4 members (excludes halogenated alkanes) is 2. The summed E-state index contributed by atoms with van der Waals surface area (Å²) in [5.74, 6) is -1.12. The Balaban J connectivity index is 2.01. The lowest BCUT2D eigenvalue weighted by Gasteiger charge is -2.23. The number of esters is 1. The van der Waals surface area contributed by atoms with Crippen LogP contribution in [0.15, 0.2) is 65.7 Å². The number of nitrogens with two attached hydrogens (primary N) is 2. The Hall–Kier alpha value is -3.68. The Morgan fingerprint density at radius 1 is 0.895 bits per heavy atom. The first kappa shape index (κ1) is 30.5. The highest BCUT2D eigenvalue weighted by Gasteiger charge is 2.28. The fourth-order valence-corrected chi connectivity index (χ4v) is 4.16. The van der Waals surface area contributed by atoms with Gasteiger partial charge in [0, 0.05) is 13.0 Å². The molecule has 0 saturated heterocycles. The number of rotatable bonds is 17. The molecular weight excluding hydrogens is 480 g/mol. The maximum Gasteiger partial charge on any atom is 0.306 e. The van der Waals surface area contributed by atoms with Crippen LogP contribution in [0.1, 0.15) is 63.5 Å². The molecule has 8 heteroatoms. The molecule has 2 aromatic rings. The van der Waals surface area contributed by atoms with E-state index >= 15 is 0 Å². The summed E-state index contributed by atoms with van der Waals surface area (Å²) in [6, 6.07) is 18.4. The number of hydrogen-bond donors (Lipinski definition) is 3. The van der Waals surface area contributed by atoms with Crippen LogP contribution in [0, 0.1) is 11.8 Å². The highest BCUT2D eigenvalue weighted by Crippen LogP contribution is 2.17. The number of hydrogen-bond acceptors (Lipinski definition) is 5. The summed E-state index contributed by atoms with van der Waals surface area (Å²) in [5, 5.41) is 2.96. The van der Waals surface area contributed by atoms with E-state index in [4.69, 9.17) is 16.2 Å². The summed E-state index contributed by atoms with van der Waals surface area (Å²) in [6.07, 6.45) is 3.51. The number of ketones is 1. The van der Waals surface area contributed by atoms with Gasteiger partial charge in [-0.3, -0.25) is 19.4 Å². The van der Waals surface area contributed by atoms with Gasteiger partial charge in [-0.25, -0.2) is 0 Å². The van der Waals surface area contributed by atoms with Crippen LogP contribution in [-0.4, -0.2) is 36.2 Å². The minimum Gasteiger partial charge on any atom is -0.461 e. The van der Waals surface area contributed by atoms with Crippen LogP contribution in [0.25, 0.3) is 0 Å². The van der Waals surface area contributed by atoms with Crippen molar-refractivity contribution in [3.63, 3.8) is 0 Å². The summed E-state index contributed by atoms with van der Waals surface area (Å²) in [7, 11) is 0. The Morgan fingerprint density at radius 3 is 2.13 bits per heavy atom. The number of nitrogens with zero attached hydrogens (tertiary/aromatic N) is 1. The number of amides is 1. The minimum absolute atomic E-state index is 0.000921. The predicted molar refractivity (Wildman–Crippen MR) is 150 cm³/mol. The quantitative estimate of drug-likeness (QED) is 0.125. The number of carbonyl (C=O) groups excluding carboxylic acids is 3. The second-order valence-electron chi connectivity index (χ2n) is 10.0. The Morgan fingerprint density at radius 2 is 1.53 bits per heavy atom. The van der Waals surface area contributed by atoms with Crippen molar-refractivity contribution in [2.75, 3.05) is 6.54 Å². The van der Waals surface area contributed by atoms with Gasteiger partial charge in [-0.1, -0.05) is 80.9 Å². The zero-order chi connectivity index (χ0) is 27.8. The van der Waals surface area contributed by atoms with E-state index in [1.807, 2.05) is 74.5 Å². The van der Waals surface area contributed by atoms with Gasteiger partial charge in [0.1, 0.15) is 6.61 Å². The average Bonchev–Trinajstić information content (AvgIpc) is 2.89. The van der Waals surface area contributed by atoms with Gasteiger partial charge in [0.05, 0.1) is 18.4 Å². The summed E-state index contributed by atoms with van der Waals surface area (Å²) < 4.78 is 5.45. The smallest absolute Gasteiger partial charge is 0.306 e. The highest BCUT2D eigenvalue weighted by atomic mass is 16.5. The van der Waals surface area contributed by atoms with E-state index in [-0.39, 0.29) is 36.6 Å². The third kappa shape index (κ3) is 12.5. The summed E-state index contributed by atoms with van der Waals surface area (Å²) in [4.78, 5) is 43.1. The van der Waals surface area contributed by atoms with Crippen LogP contribution in [0.5, 0.6) is 0 Å². The van der Waals surface area contributed by atoms with Crippen LogP contribution >= 0.6 is 0 Å². The lowest BCUT2D eigenvalue weighted by Crippen LogP contribution is -2.45. The van der Waals surface area contributed by atoms with E-state index < -0.39 is 17.9 Å². The first-order valence-corrected chi connectivity index (χ1v) is 13.4. The zero-order valence-electron chi connectivity index (χ0n) is 22.6. The summed E-state index contributed by atoms with van der Waals surface area (Å²) in [5.41, 5.74) is 12.5. The van der Waals surface area contributed by atoms with Crippen molar-refractivity contribution >= 4 is 23.6 Å². The van der Waals surface area contributed by atoms with Gasteiger partial charge in [-0.05, 0) is 42.7 Å². The maximum atomic E-state index is 13.4. The Kier molecular flexibility index (Phi) is 13.6. The average molecular weight is 523 g/mol. The largest absolute Gasteiger partial charge is 0.461 e. The SMILES string of the molecule is CC(C)CC(NC(=O)C(CC(=O)OCc1ccccc1)Cc1ccccc1)C(=O)CCCCCN=C(N)N. The molecule has 0 saturated carbocycles. The molecule has 206 valence electrons. The van der Waals surface area contributed by atoms with Gasteiger partial charge >= 0.3 is 5.97 Å². The second kappa shape index (κ2) is 16.9. The predicted octanol–water partition coefficient (Wildman–Crippen LogP) is 3.91. The van der Waals surface area contributed by atoms with Gasteiger partial charge in [0.2, 0.25) is 5.91 Å². The van der Waals surface area contributed by atoms with Gasteiger partial charge in [0.15, 0.2) is 11.7 Å². The van der Waals surface area contributed by atoms with Crippen molar-refractivity contribution in [1.29, 1.82) is 0 Å². The fraction of sp³-hybridized carbons (Fsp3) is 0.467. The third-order valence-electron chi connectivity index (χ3n) is 6.14. The molecule has 0 fully saturated rings. The molecule has 5 N–H and O–H groups in total. The van der Waals surface area contributed by atoms with Gasteiger partial charge in [-0.15, -0.1) is 0 Å². The number of aliphatic imine (C=N–C) groups is 1. The molecule has 2 rings (SSSR count). The molecule has 0 bridgehead atoms. The van der Waals surface area contributed by atoms with Crippen molar-refractivity contribution < 1.29 is 19.1 Å². The fourth-order valence-electron chi connectivity index (χ4n) is 4.16. The Labute approximate surface area is 226 Å². The van der Waals surface area contributed by atoms with Crippen LogP contribution < -0.4 is 16.8 Å². The maximum absolute atomic E-state index is 13.4. The highest BCUT2D eigenvalue weighted by molar-refractivity contribution is 5.91. The molecule has 38 heavy (non-hydrogen) atoms. The van der Waals surface area contributed by atoms with Crippen molar-refractivity contribution in [3.05, 3.63) is 71.8 Å². The Bertz CT molecular complexity index is 1020. The first-order chi connectivity index (χ1) is 18.2. The molecule has 0 aliphatic heterocycles. The second-order valence-corrected chi connectivity index (χ2v) is 10.0. The van der Waals surface area contributed by atoms with E-state index in [1.54, 1.807) is 0 Å². The van der Waals surface area contributed by atoms with Crippen molar-refractivity contribution in [2.45, 2.75) is 71.4 Å². The van der Waals surface area contributed by atoms with Gasteiger partial charge in [-0.2, -0.15) is 0 Å². The van der Waals surface area contributed by atoms with Crippen molar-refractivity contribution in [1.82, 2.24) is 5.32 Å². The number of carbonyl (C=O) groups is 3. The number of nitrogens with one attached hydrogen (secondary N) is 1. The molecule has 0 heterocycles. The van der Waals surface area contributed by atoms with E-state index in [0.717, 1.165) is 24.0 Å². The molecule has 8 nitrogen and oxygen atoms in total. The first-order valence-electron chi connectivity index (χ1n) is 13.4. The van der Waals surface area contributed by atoms with Crippen molar-refractivity contribution in [3.8, 4) is 0 Å². The molecule has 2 aromatic carbocycles. The summed E-state index contributed by atoms with van der Waals surface area (Å²) in [6.45, 7) is 4.72. The number of Topliss-reactive ketones (excluding diaryl/α,β-unsaturated/α-hetero) is 1. The van der Waals surface area contributed by atoms with Crippen LogP contribution in [-0.2, 0) is 32.1 Å². The monoisotopic (exact) mass is 522 g/mol. The van der Waals surface area contributed by atoms with E-state index in [0.29, 0.717) is 32.2 Å². The molecule has 0 spiro atoms.